The van der Waals surface area contributed by atoms with Crippen LogP contribution < -0.4 is 5.32 Å². The Morgan fingerprint density at radius 1 is 1.43 bits per heavy atom. The van der Waals surface area contributed by atoms with Crippen molar-refractivity contribution < 1.29 is 9.90 Å². The van der Waals surface area contributed by atoms with E-state index < -0.39 is 6.23 Å². The lowest BCUT2D eigenvalue weighted by Crippen LogP contribution is -2.32. The predicted octanol–water partition coefficient (Wildman–Crippen LogP) is 1.41. The molecule has 14 heavy (non-hydrogen) atoms. The van der Waals surface area contributed by atoms with E-state index in [4.69, 9.17) is 11.6 Å². The van der Waals surface area contributed by atoms with Gasteiger partial charge in [0.2, 0.25) is 0 Å². The molecule has 1 unspecified atom stereocenters. The number of fused-ring (bicyclic) bond motifs is 1. The molecule has 0 bridgehead atoms. The topological polar surface area (TPSA) is 49.3 Å². The van der Waals surface area contributed by atoms with E-state index in [0.717, 1.165) is 0 Å². The molecule has 2 rings (SSSR count). The largest absolute Gasteiger partial charge is 0.370 e. The van der Waals surface area contributed by atoms with Crippen molar-refractivity contribution in [1.29, 1.82) is 0 Å². The van der Waals surface area contributed by atoms with Crippen molar-refractivity contribution >= 4 is 23.6 Å². The molecule has 1 atom stereocenters. The first-order chi connectivity index (χ1) is 6.66. The molecule has 1 aliphatic heterocycles. The van der Waals surface area contributed by atoms with Crippen molar-refractivity contribution in [2.45, 2.75) is 6.23 Å². The highest BCUT2D eigenvalue weighted by Crippen LogP contribution is 2.19. The fraction of sp³-hybridized carbons (Fsp3) is 0.100. The summed E-state index contributed by atoms with van der Waals surface area (Å²) in [6, 6.07) is 4.96. The van der Waals surface area contributed by atoms with Crippen molar-refractivity contribution in [2.75, 3.05) is 0 Å². The van der Waals surface area contributed by atoms with E-state index in [-0.39, 0.29) is 5.91 Å². The molecular formula is C10H8ClNO2. The number of hydrogen-bond donors (Lipinski definition) is 2. The Hall–Kier alpha value is -1.32. The zero-order valence-electron chi connectivity index (χ0n) is 7.20. The zero-order chi connectivity index (χ0) is 10.1. The normalized spacial score (nSPS) is 19.9. The van der Waals surface area contributed by atoms with Gasteiger partial charge in [-0.25, -0.2) is 0 Å². The number of rotatable bonds is 0. The summed E-state index contributed by atoms with van der Waals surface area (Å²) in [6.45, 7) is 0. The van der Waals surface area contributed by atoms with Crippen LogP contribution in [0.3, 0.4) is 0 Å². The van der Waals surface area contributed by atoms with Crippen LogP contribution in [0.4, 0.5) is 0 Å². The minimum atomic E-state index is -0.936. The van der Waals surface area contributed by atoms with E-state index >= 15 is 0 Å². The van der Waals surface area contributed by atoms with Crippen molar-refractivity contribution in [2.24, 2.45) is 0 Å². The Bertz CT molecular complexity index is 415. The van der Waals surface area contributed by atoms with Crippen molar-refractivity contribution in [3.05, 3.63) is 40.4 Å². The Balaban J connectivity index is 2.54. The highest BCUT2D eigenvalue weighted by Gasteiger charge is 2.15. The molecular weight excluding hydrogens is 202 g/mol. The van der Waals surface area contributed by atoms with Crippen LogP contribution in [-0.4, -0.2) is 17.2 Å². The molecule has 0 aromatic heterocycles. The number of nitrogens with one attached hydrogen (secondary N) is 1. The third-order valence-corrected chi connectivity index (χ3v) is 2.23. The molecule has 4 heteroatoms. The lowest BCUT2D eigenvalue weighted by atomic mass is 10.1. The molecule has 0 fully saturated rings. The molecule has 3 nitrogen and oxygen atoms in total. The van der Waals surface area contributed by atoms with Crippen LogP contribution in [-0.2, 0) is 0 Å². The van der Waals surface area contributed by atoms with Crippen molar-refractivity contribution in [1.82, 2.24) is 5.32 Å². The lowest BCUT2D eigenvalue weighted by molar-refractivity contribution is 0.0858. The third-order valence-electron chi connectivity index (χ3n) is 2.00. The number of halogens is 1. The molecule has 0 saturated carbocycles. The molecule has 1 aromatic carbocycles. The van der Waals surface area contributed by atoms with Gasteiger partial charge in [-0.2, -0.15) is 0 Å². The first-order valence-electron chi connectivity index (χ1n) is 4.13. The third kappa shape index (κ3) is 1.64. The van der Waals surface area contributed by atoms with Gasteiger partial charge in [-0.3, -0.25) is 4.79 Å². The van der Waals surface area contributed by atoms with E-state index in [1.807, 2.05) is 0 Å². The van der Waals surface area contributed by atoms with Gasteiger partial charge < -0.3 is 10.4 Å². The molecule has 0 aliphatic carbocycles. The number of aliphatic hydroxyl groups is 1. The molecule has 1 amide bonds. The summed E-state index contributed by atoms with van der Waals surface area (Å²) in [6.07, 6.45) is 2.23. The van der Waals surface area contributed by atoms with Gasteiger partial charge in [0.25, 0.3) is 5.91 Å². The predicted molar refractivity (Wildman–Crippen MR) is 54.0 cm³/mol. The van der Waals surface area contributed by atoms with Gasteiger partial charge in [-0.05, 0) is 29.8 Å². The zero-order valence-corrected chi connectivity index (χ0v) is 7.95. The molecule has 1 heterocycles. The van der Waals surface area contributed by atoms with Gasteiger partial charge in [-0.1, -0.05) is 17.7 Å². The SMILES string of the molecule is O=C1NC(O)C=Cc2cc(Cl)ccc21. The van der Waals surface area contributed by atoms with Crippen LogP contribution in [0.5, 0.6) is 0 Å². The molecule has 1 aliphatic rings. The summed E-state index contributed by atoms with van der Waals surface area (Å²) < 4.78 is 0. The minimum Gasteiger partial charge on any atom is -0.370 e. The van der Waals surface area contributed by atoms with Crippen LogP contribution in [0, 0.1) is 0 Å². The van der Waals surface area contributed by atoms with E-state index in [0.29, 0.717) is 16.1 Å². The first kappa shape index (κ1) is 9.24. The molecule has 0 spiro atoms. The summed E-state index contributed by atoms with van der Waals surface area (Å²) in [5.74, 6) is -0.297. The fourth-order valence-electron chi connectivity index (χ4n) is 1.33. The standard InChI is InChI=1S/C10H8ClNO2/c11-7-2-3-8-6(5-7)1-4-9(13)12-10(8)14/h1-5,9,13H,(H,12,14). The van der Waals surface area contributed by atoms with Gasteiger partial charge in [0.1, 0.15) is 6.23 Å². The van der Waals surface area contributed by atoms with Crippen LogP contribution in [0.15, 0.2) is 24.3 Å². The fourth-order valence-corrected chi connectivity index (χ4v) is 1.51. The second kappa shape index (κ2) is 3.44. The molecule has 0 radical (unpaired) electrons. The Morgan fingerprint density at radius 3 is 3.00 bits per heavy atom. The van der Waals surface area contributed by atoms with Gasteiger partial charge >= 0.3 is 0 Å². The van der Waals surface area contributed by atoms with Crippen LogP contribution in [0.25, 0.3) is 6.08 Å². The van der Waals surface area contributed by atoms with E-state index in [1.165, 1.54) is 6.08 Å². The second-order valence-electron chi connectivity index (χ2n) is 3.01. The average molecular weight is 210 g/mol. The quantitative estimate of drug-likeness (QED) is 0.679. The maximum absolute atomic E-state index is 11.5. The smallest absolute Gasteiger partial charge is 0.254 e. The van der Waals surface area contributed by atoms with Gasteiger partial charge in [0, 0.05) is 10.6 Å². The Labute approximate surface area is 86.0 Å². The summed E-state index contributed by atoms with van der Waals surface area (Å²) in [7, 11) is 0. The van der Waals surface area contributed by atoms with Crippen LogP contribution in [0.1, 0.15) is 15.9 Å². The van der Waals surface area contributed by atoms with E-state index in [9.17, 15) is 9.90 Å². The van der Waals surface area contributed by atoms with Crippen molar-refractivity contribution in [3.63, 3.8) is 0 Å². The molecule has 1 aromatic rings. The van der Waals surface area contributed by atoms with E-state index in [1.54, 1.807) is 24.3 Å². The summed E-state index contributed by atoms with van der Waals surface area (Å²) in [4.78, 5) is 11.5. The average Bonchev–Trinajstić information content (AvgIpc) is 2.26. The Kier molecular flexibility index (Phi) is 2.27. The number of hydrogen-bond acceptors (Lipinski definition) is 2. The lowest BCUT2D eigenvalue weighted by Gasteiger charge is -2.06. The highest BCUT2D eigenvalue weighted by molar-refractivity contribution is 6.30. The van der Waals surface area contributed by atoms with Gasteiger partial charge in [0.05, 0.1) is 0 Å². The number of amides is 1. The van der Waals surface area contributed by atoms with Crippen LogP contribution >= 0.6 is 11.6 Å². The maximum atomic E-state index is 11.5. The molecule has 0 saturated heterocycles. The van der Waals surface area contributed by atoms with Gasteiger partial charge in [-0.15, -0.1) is 0 Å². The number of carbonyl (C=O) groups is 1. The first-order valence-corrected chi connectivity index (χ1v) is 4.51. The highest BCUT2D eigenvalue weighted by atomic mass is 35.5. The number of benzene rings is 1. The number of carbonyl (C=O) groups excluding carboxylic acids is 1. The maximum Gasteiger partial charge on any atom is 0.254 e. The van der Waals surface area contributed by atoms with E-state index in [2.05, 4.69) is 5.32 Å². The summed E-state index contributed by atoms with van der Waals surface area (Å²) >= 11 is 5.79. The van der Waals surface area contributed by atoms with Crippen molar-refractivity contribution in [3.8, 4) is 0 Å². The molecule has 72 valence electrons. The van der Waals surface area contributed by atoms with Crippen LogP contribution in [0.2, 0.25) is 5.02 Å². The number of aliphatic hydroxyl groups excluding tert-OH is 1. The minimum absolute atomic E-state index is 0.297. The second-order valence-corrected chi connectivity index (χ2v) is 3.45. The summed E-state index contributed by atoms with van der Waals surface area (Å²) in [5.41, 5.74) is 1.23. The summed E-state index contributed by atoms with van der Waals surface area (Å²) in [5, 5.41) is 12.2. The monoisotopic (exact) mass is 209 g/mol. The molecule has 2 N–H and O–H groups in total. The van der Waals surface area contributed by atoms with Gasteiger partial charge in [0.15, 0.2) is 0 Å². The Morgan fingerprint density at radius 2 is 2.21 bits per heavy atom.